The first kappa shape index (κ1) is 13.9. The van der Waals surface area contributed by atoms with E-state index >= 15 is 0 Å². The predicted molar refractivity (Wildman–Crippen MR) is 82.6 cm³/mol. The van der Waals surface area contributed by atoms with E-state index in [0.717, 1.165) is 18.5 Å². The van der Waals surface area contributed by atoms with Crippen molar-refractivity contribution < 1.29 is 9.00 Å². The zero-order valence-corrected chi connectivity index (χ0v) is 12.4. The molecule has 0 N–H and O–H groups in total. The summed E-state index contributed by atoms with van der Waals surface area (Å²) < 4.78 is 12.2. The highest BCUT2D eigenvalue weighted by atomic mass is 32.2. The van der Waals surface area contributed by atoms with Crippen LogP contribution in [0.5, 0.6) is 0 Å². The second-order valence-electron chi connectivity index (χ2n) is 4.94. The molecule has 0 radical (unpaired) electrons. The molecule has 108 valence electrons. The summed E-state index contributed by atoms with van der Waals surface area (Å²) in [6.07, 6.45) is 3.52. The average Bonchev–Trinajstić information content (AvgIpc) is 2.55. The van der Waals surface area contributed by atoms with Crippen molar-refractivity contribution in [2.45, 2.75) is 17.9 Å². The third kappa shape index (κ3) is 3.03. The number of benzene rings is 1. The van der Waals surface area contributed by atoms with Crippen LogP contribution in [0.3, 0.4) is 0 Å². The highest BCUT2D eigenvalue weighted by molar-refractivity contribution is 7.85. The monoisotopic (exact) mass is 300 g/mol. The van der Waals surface area contributed by atoms with Crippen molar-refractivity contribution in [2.24, 2.45) is 0 Å². The van der Waals surface area contributed by atoms with Crippen LogP contribution in [-0.4, -0.2) is 27.4 Å². The molecule has 1 unspecified atom stereocenters. The van der Waals surface area contributed by atoms with Crippen LogP contribution in [0, 0.1) is 0 Å². The zero-order valence-electron chi connectivity index (χ0n) is 11.6. The first-order valence-corrected chi connectivity index (χ1v) is 8.25. The standard InChI is InChI=1S/C16H16N2O2S/c19-16(12-21(20)15-9-3-4-10-17-15)18-11-5-7-13-6-1-2-8-14(13)18/h1-4,6,8-10H,5,7,11-12H2. The van der Waals surface area contributed by atoms with Gasteiger partial charge in [0.2, 0.25) is 5.91 Å². The molecular formula is C16H16N2O2S. The van der Waals surface area contributed by atoms with Gasteiger partial charge >= 0.3 is 0 Å². The minimum atomic E-state index is -1.39. The van der Waals surface area contributed by atoms with Crippen molar-refractivity contribution in [2.75, 3.05) is 17.2 Å². The minimum Gasteiger partial charge on any atom is -0.311 e. The van der Waals surface area contributed by atoms with Crippen LogP contribution < -0.4 is 4.90 Å². The number of rotatable bonds is 3. The third-order valence-electron chi connectivity index (χ3n) is 3.54. The number of amides is 1. The van der Waals surface area contributed by atoms with E-state index in [2.05, 4.69) is 4.98 Å². The van der Waals surface area contributed by atoms with Crippen LogP contribution in [0.15, 0.2) is 53.7 Å². The van der Waals surface area contributed by atoms with Gasteiger partial charge in [-0.2, -0.15) is 0 Å². The van der Waals surface area contributed by atoms with Crippen LogP contribution in [0.25, 0.3) is 0 Å². The van der Waals surface area contributed by atoms with Crippen LogP contribution in [-0.2, 0) is 22.0 Å². The molecule has 2 aromatic rings. The summed E-state index contributed by atoms with van der Waals surface area (Å²) in [4.78, 5) is 18.2. The van der Waals surface area contributed by atoms with E-state index in [0.29, 0.717) is 11.6 Å². The maximum atomic E-state index is 12.4. The smallest absolute Gasteiger partial charge is 0.240 e. The van der Waals surface area contributed by atoms with E-state index in [1.807, 2.05) is 24.3 Å². The lowest BCUT2D eigenvalue weighted by atomic mass is 10.0. The average molecular weight is 300 g/mol. The maximum absolute atomic E-state index is 12.4. The largest absolute Gasteiger partial charge is 0.311 e. The molecular weight excluding hydrogens is 284 g/mol. The molecule has 4 nitrogen and oxygen atoms in total. The predicted octanol–water partition coefficient (Wildman–Crippen LogP) is 2.17. The normalized spacial score (nSPS) is 15.3. The Hall–Kier alpha value is -2.01. The molecule has 3 rings (SSSR count). The molecule has 5 heteroatoms. The number of para-hydroxylation sites is 1. The Morgan fingerprint density at radius 1 is 1.19 bits per heavy atom. The zero-order chi connectivity index (χ0) is 14.7. The van der Waals surface area contributed by atoms with Gasteiger partial charge in [-0.25, -0.2) is 4.98 Å². The lowest BCUT2D eigenvalue weighted by Crippen LogP contribution is -2.38. The van der Waals surface area contributed by atoms with E-state index in [1.54, 1.807) is 29.3 Å². The molecule has 1 aliphatic rings. The Morgan fingerprint density at radius 3 is 2.81 bits per heavy atom. The summed E-state index contributed by atoms with van der Waals surface area (Å²) >= 11 is 0. The van der Waals surface area contributed by atoms with Crippen molar-refractivity contribution in [3.63, 3.8) is 0 Å². The highest BCUT2D eigenvalue weighted by Crippen LogP contribution is 2.26. The van der Waals surface area contributed by atoms with Gasteiger partial charge in [-0.3, -0.25) is 9.00 Å². The van der Waals surface area contributed by atoms with Crippen molar-refractivity contribution in [1.82, 2.24) is 4.98 Å². The van der Waals surface area contributed by atoms with Crippen molar-refractivity contribution in [1.29, 1.82) is 0 Å². The van der Waals surface area contributed by atoms with Crippen LogP contribution in [0.2, 0.25) is 0 Å². The van der Waals surface area contributed by atoms with E-state index in [1.165, 1.54) is 5.56 Å². The Labute approximate surface area is 126 Å². The van der Waals surface area contributed by atoms with Gasteiger partial charge in [0.1, 0.15) is 10.8 Å². The number of carbonyl (C=O) groups excluding carboxylic acids is 1. The van der Waals surface area contributed by atoms with Gasteiger partial charge in [0.25, 0.3) is 0 Å². The fourth-order valence-corrected chi connectivity index (χ4v) is 3.48. The lowest BCUT2D eigenvalue weighted by Gasteiger charge is -2.29. The highest BCUT2D eigenvalue weighted by Gasteiger charge is 2.23. The number of nitrogens with zero attached hydrogens (tertiary/aromatic N) is 2. The summed E-state index contributed by atoms with van der Waals surface area (Å²) in [7, 11) is -1.39. The quantitative estimate of drug-likeness (QED) is 0.873. The molecule has 0 fully saturated rings. The fraction of sp³-hybridized carbons (Fsp3) is 0.250. The Morgan fingerprint density at radius 2 is 2.00 bits per heavy atom. The second-order valence-corrected chi connectivity index (χ2v) is 6.33. The van der Waals surface area contributed by atoms with Crippen molar-refractivity contribution in [3.8, 4) is 0 Å². The van der Waals surface area contributed by atoms with Gasteiger partial charge in [-0.1, -0.05) is 24.3 Å². The summed E-state index contributed by atoms with van der Waals surface area (Å²) in [5.74, 6) is -0.128. The summed E-state index contributed by atoms with van der Waals surface area (Å²) in [5, 5.41) is 0.455. The molecule has 1 amide bonds. The number of fused-ring (bicyclic) bond motifs is 1. The maximum Gasteiger partial charge on any atom is 0.240 e. The lowest BCUT2D eigenvalue weighted by molar-refractivity contribution is -0.116. The molecule has 0 saturated carbocycles. The van der Waals surface area contributed by atoms with E-state index in [9.17, 15) is 9.00 Å². The SMILES string of the molecule is O=C(CS(=O)c1ccccn1)N1CCCc2ccccc21. The number of hydrogen-bond donors (Lipinski definition) is 0. The van der Waals surface area contributed by atoms with Gasteiger partial charge in [0, 0.05) is 18.4 Å². The summed E-state index contributed by atoms with van der Waals surface area (Å²) in [6.45, 7) is 0.690. The number of hydrogen-bond acceptors (Lipinski definition) is 3. The molecule has 1 aliphatic heterocycles. The molecule has 1 atom stereocenters. The number of aromatic nitrogens is 1. The molecule has 0 aliphatic carbocycles. The minimum absolute atomic E-state index is 0.0225. The van der Waals surface area contributed by atoms with Crippen LogP contribution in [0.1, 0.15) is 12.0 Å². The summed E-state index contributed by atoms with van der Waals surface area (Å²) in [6, 6.07) is 13.2. The third-order valence-corrected chi connectivity index (χ3v) is 4.75. The van der Waals surface area contributed by atoms with E-state index in [-0.39, 0.29) is 11.7 Å². The van der Waals surface area contributed by atoms with Gasteiger partial charge in [0.15, 0.2) is 0 Å². The van der Waals surface area contributed by atoms with Gasteiger partial charge in [0.05, 0.1) is 10.8 Å². The second kappa shape index (κ2) is 6.18. The van der Waals surface area contributed by atoms with Gasteiger partial charge in [-0.15, -0.1) is 0 Å². The van der Waals surface area contributed by atoms with Crippen LogP contribution >= 0.6 is 0 Å². The molecule has 21 heavy (non-hydrogen) atoms. The molecule has 1 aromatic heterocycles. The molecule has 0 bridgehead atoms. The van der Waals surface area contributed by atoms with Crippen LogP contribution in [0.4, 0.5) is 5.69 Å². The first-order valence-electron chi connectivity index (χ1n) is 6.93. The number of aryl methyl sites for hydroxylation is 1. The molecule has 1 aromatic carbocycles. The Bertz CT molecular complexity index is 673. The first-order chi connectivity index (χ1) is 10.3. The Balaban J connectivity index is 1.76. The number of anilines is 1. The molecule has 0 saturated heterocycles. The number of carbonyl (C=O) groups is 1. The van der Waals surface area contributed by atoms with Crippen molar-refractivity contribution >= 4 is 22.4 Å². The molecule has 0 spiro atoms. The Kier molecular flexibility index (Phi) is 4.10. The fourth-order valence-electron chi connectivity index (χ4n) is 2.54. The van der Waals surface area contributed by atoms with Crippen molar-refractivity contribution in [3.05, 3.63) is 54.2 Å². The topological polar surface area (TPSA) is 50.3 Å². The number of pyridine rings is 1. The van der Waals surface area contributed by atoms with E-state index < -0.39 is 10.8 Å². The summed E-state index contributed by atoms with van der Waals surface area (Å²) in [5.41, 5.74) is 2.13. The van der Waals surface area contributed by atoms with Gasteiger partial charge < -0.3 is 4.90 Å². The van der Waals surface area contributed by atoms with E-state index in [4.69, 9.17) is 0 Å². The molecule has 2 heterocycles. The van der Waals surface area contributed by atoms with Gasteiger partial charge in [-0.05, 0) is 36.6 Å².